The van der Waals surface area contributed by atoms with E-state index in [9.17, 15) is 0 Å². The monoisotopic (exact) mass is 199 g/mol. The molecule has 0 bridgehead atoms. The van der Waals surface area contributed by atoms with Gasteiger partial charge in [0, 0.05) is 6.42 Å². The first-order valence-electron chi connectivity index (χ1n) is 5.15. The second-order valence-electron chi connectivity index (χ2n) is 4.16. The van der Waals surface area contributed by atoms with E-state index in [2.05, 4.69) is 18.6 Å². The van der Waals surface area contributed by atoms with Gasteiger partial charge in [-0.3, -0.25) is 0 Å². The minimum atomic E-state index is 0.280. The first kappa shape index (κ1) is 9.45. The summed E-state index contributed by atoms with van der Waals surface area (Å²) in [5.41, 5.74) is 0.902. The van der Waals surface area contributed by atoms with E-state index >= 15 is 0 Å². The lowest BCUT2D eigenvalue weighted by molar-refractivity contribution is 0.315. The summed E-state index contributed by atoms with van der Waals surface area (Å²) in [6.45, 7) is 5.35. The van der Waals surface area contributed by atoms with E-state index in [-0.39, 0.29) is 7.92 Å². The molecule has 0 saturated carbocycles. The van der Waals surface area contributed by atoms with E-state index in [0.29, 0.717) is 6.04 Å². The lowest BCUT2D eigenvalue weighted by Crippen LogP contribution is -2.09. The second-order valence-corrected chi connectivity index (χ2v) is 6.86. The molecule has 3 heteroatoms. The number of hydrogen-bond donors (Lipinski definition) is 0. The molecule has 2 nitrogen and oxygen atoms in total. The molecule has 0 unspecified atom stereocenters. The highest BCUT2D eigenvalue weighted by Crippen LogP contribution is 2.48. The van der Waals surface area contributed by atoms with Gasteiger partial charge in [-0.2, -0.15) is 0 Å². The van der Waals surface area contributed by atoms with Gasteiger partial charge in [-0.15, -0.1) is 7.92 Å². The fourth-order valence-corrected chi connectivity index (χ4v) is 4.23. The molecule has 3 atom stereocenters. The van der Waals surface area contributed by atoms with Crippen LogP contribution in [-0.2, 0) is 4.74 Å². The van der Waals surface area contributed by atoms with Gasteiger partial charge in [-0.05, 0) is 38.3 Å². The van der Waals surface area contributed by atoms with Crippen LogP contribution in [0.25, 0.3) is 0 Å². The van der Waals surface area contributed by atoms with Gasteiger partial charge in [-0.25, -0.2) is 4.99 Å². The number of nitrogens with zero attached hydrogens (tertiary/aromatic N) is 1. The first-order valence-corrected chi connectivity index (χ1v) is 7.20. The van der Waals surface area contributed by atoms with Gasteiger partial charge < -0.3 is 4.74 Å². The molecule has 2 heterocycles. The number of rotatable bonds is 2. The van der Waals surface area contributed by atoms with Gasteiger partial charge in [0.2, 0.25) is 0 Å². The van der Waals surface area contributed by atoms with Crippen molar-refractivity contribution in [2.75, 3.05) is 19.4 Å². The van der Waals surface area contributed by atoms with E-state index in [1.807, 2.05) is 0 Å². The second kappa shape index (κ2) is 3.96. The van der Waals surface area contributed by atoms with Gasteiger partial charge in [-0.1, -0.05) is 0 Å². The Morgan fingerprint density at radius 1 is 1.62 bits per heavy atom. The van der Waals surface area contributed by atoms with Crippen molar-refractivity contribution in [2.45, 2.75) is 37.9 Å². The molecular weight excluding hydrogens is 181 g/mol. The molecule has 0 amide bonds. The highest BCUT2D eigenvalue weighted by Gasteiger charge is 2.26. The molecule has 2 rings (SSSR count). The molecule has 0 aromatic heterocycles. The van der Waals surface area contributed by atoms with Crippen LogP contribution in [0, 0.1) is 0 Å². The van der Waals surface area contributed by atoms with Crippen molar-refractivity contribution in [3.05, 3.63) is 0 Å². The van der Waals surface area contributed by atoms with Crippen LogP contribution in [0.5, 0.6) is 0 Å². The molecule has 13 heavy (non-hydrogen) atoms. The third kappa shape index (κ3) is 2.22. The van der Waals surface area contributed by atoms with E-state index in [1.165, 1.54) is 19.0 Å². The van der Waals surface area contributed by atoms with Crippen LogP contribution in [0.1, 0.15) is 26.2 Å². The van der Waals surface area contributed by atoms with Crippen LogP contribution in [0.3, 0.4) is 0 Å². The van der Waals surface area contributed by atoms with Crippen molar-refractivity contribution in [3.63, 3.8) is 0 Å². The molecule has 0 spiro atoms. The van der Waals surface area contributed by atoms with Crippen LogP contribution >= 0.6 is 7.92 Å². The highest BCUT2D eigenvalue weighted by molar-refractivity contribution is 7.57. The molecule has 2 aliphatic heterocycles. The molecule has 2 aliphatic rings. The summed E-state index contributed by atoms with van der Waals surface area (Å²) in [6.07, 6.45) is 5.41. The highest BCUT2D eigenvalue weighted by atomic mass is 31.1. The largest absolute Gasteiger partial charge is 0.479 e. The summed E-state index contributed by atoms with van der Waals surface area (Å²) >= 11 is 0. The zero-order chi connectivity index (χ0) is 9.26. The fraction of sp³-hybridized carbons (Fsp3) is 0.900. The maximum Gasteiger partial charge on any atom is 0.184 e. The van der Waals surface area contributed by atoms with Crippen molar-refractivity contribution >= 4 is 13.8 Å². The maximum atomic E-state index is 5.54. The van der Waals surface area contributed by atoms with Crippen LogP contribution in [0.15, 0.2) is 4.99 Å². The number of hydrogen-bond acceptors (Lipinski definition) is 2. The summed E-state index contributed by atoms with van der Waals surface area (Å²) in [5.74, 6) is 1.04. The summed E-state index contributed by atoms with van der Waals surface area (Å²) < 4.78 is 5.54. The molecule has 74 valence electrons. The summed E-state index contributed by atoms with van der Waals surface area (Å²) in [4.78, 5) is 4.49. The Kier molecular flexibility index (Phi) is 2.88. The minimum absolute atomic E-state index is 0.280. The summed E-state index contributed by atoms with van der Waals surface area (Å²) in [7, 11) is 0.280. The van der Waals surface area contributed by atoms with Crippen LogP contribution in [-0.4, -0.2) is 37.0 Å². The van der Waals surface area contributed by atoms with Gasteiger partial charge >= 0.3 is 0 Å². The van der Waals surface area contributed by atoms with Gasteiger partial charge in [0.05, 0.1) is 6.04 Å². The van der Waals surface area contributed by atoms with Crippen molar-refractivity contribution < 1.29 is 4.74 Å². The van der Waals surface area contributed by atoms with Gasteiger partial charge in [0.25, 0.3) is 0 Å². The van der Waals surface area contributed by atoms with Crippen LogP contribution in [0.2, 0.25) is 0 Å². The topological polar surface area (TPSA) is 21.6 Å². The third-order valence-electron chi connectivity index (χ3n) is 2.94. The SMILES string of the molecule is C[C@H]1COC(C[C@H]2CCC[P@]2C)=N1. The van der Waals surface area contributed by atoms with Crippen LogP contribution in [0.4, 0.5) is 0 Å². The van der Waals surface area contributed by atoms with Gasteiger partial charge in [0.15, 0.2) is 5.90 Å². The predicted molar refractivity (Wildman–Crippen MR) is 58.2 cm³/mol. The zero-order valence-electron chi connectivity index (χ0n) is 8.49. The molecule has 0 aliphatic carbocycles. The standard InChI is InChI=1S/C10H18NOP/c1-8-7-12-10(11-8)6-9-4-3-5-13(9)2/h8-9H,3-7H2,1-2H3/t8-,9+,13-/m0/s1. The van der Waals surface area contributed by atoms with E-state index in [0.717, 1.165) is 24.6 Å². The average molecular weight is 199 g/mol. The third-order valence-corrected chi connectivity index (χ3v) is 5.65. The Hall–Kier alpha value is -0.100. The van der Waals surface area contributed by atoms with Crippen molar-refractivity contribution in [3.8, 4) is 0 Å². The maximum absolute atomic E-state index is 5.54. The van der Waals surface area contributed by atoms with Crippen molar-refractivity contribution in [1.29, 1.82) is 0 Å². The van der Waals surface area contributed by atoms with E-state index < -0.39 is 0 Å². The Labute approximate surface area is 81.5 Å². The van der Waals surface area contributed by atoms with Crippen molar-refractivity contribution in [1.82, 2.24) is 0 Å². The Balaban J connectivity index is 1.87. The quantitative estimate of drug-likeness (QED) is 0.626. The fourth-order valence-electron chi connectivity index (χ4n) is 2.09. The summed E-state index contributed by atoms with van der Waals surface area (Å²) in [6, 6.07) is 0.402. The average Bonchev–Trinajstić information content (AvgIpc) is 2.64. The smallest absolute Gasteiger partial charge is 0.184 e. The zero-order valence-corrected chi connectivity index (χ0v) is 9.39. The lowest BCUT2D eigenvalue weighted by Gasteiger charge is -2.14. The summed E-state index contributed by atoms with van der Waals surface area (Å²) in [5, 5.41) is 0. The Bertz CT molecular complexity index is 217. The molecule has 1 saturated heterocycles. The molecule has 0 aromatic carbocycles. The number of aliphatic imine (C=N–C) groups is 1. The molecular formula is C10H18NOP. The molecule has 1 fully saturated rings. The van der Waals surface area contributed by atoms with Crippen LogP contribution < -0.4 is 0 Å². The number of ether oxygens (including phenoxy) is 1. The van der Waals surface area contributed by atoms with Gasteiger partial charge in [0.1, 0.15) is 6.61 Å². The Morgan fingerprint density at radius 3 is 3.00 bits per heavy atom. The predicted octanol–water partition coefficient (Wildman–Crippen LogP) is 2.47. The lowest BCUT2D eigenvalue weighted by atomic mass is 10.2. The first-order chi connectivity index (χ1) is 6.25. The Morgan fingerprint density at radius 2 is 2.46 bits per heavy atom. The normalized spacial score (nSPS) is 38.9. The van der Waals surface area contributed by atoms with Crippen molar-refractivity contribution in [2.24, 2.45) is 4.99 Å². The minimum Gasteiger partial charge on any atom is -0.479 e. The molecule has 0 N–H and O–H groups in total. The van der Waals surface area contributed by atoms with E-state index in [1.54, 1.807) is 0 Å². The molecule has 0 aromatic rings. The van der Waals surface area contributed by atoms with E-state index in [4.69, 9.17) is 4.74 Å². The molecule has 0 radical (unpaired) electrons.